The van der Waals surface area contributed by atoms with Crippen LogP contribution in [0.1, 0.15) is 90.4 Å². The minimum absolute atomic E-state index is 0.0790. The number of ether oxygens (including phenoxy) is 1. The van der Waals surface area contributed by atoms with Gasteiger partial charge in [-0.15, -0.1) is 0 Å². The third kappa shape index (κ3) is 12.3. The smallest absolute Gasteiger partial charge is 0.348 e. The zero-order valence-corrected chi connectivity index (χ0v) is 17.3. The number of unbranched alkanes of at least 4 members (excludes halogenated alkanes) is 9. The highest BCUT2D eigenvalue weighted by molar-refractivity contribution is 5.93. The van der Waals surface area contributed by atoms with E-state index in [-0.39, 0.29) is 5.57 Å². The summed E-state index contributed by atoms with van der Waals surface area (Å²) in [6.07, 6.45) is 21.5. The van der Waals surface area contributed by atoms with Crippen molar-refractivity contribution >= 4 is 5.97 Å². The molecule has 1 saturated heterocycles. The van der Waals surface area contributed by atoms with Gasteiger partial charge in [-0.1, -0.05) is 64.7 Å². The Kier molecular flexibility index (Phi) is 14.2. The molecule has 1 rings (SSSR count). The van der Waals surface area contributed by atoms with Crippen LogP contribution in [0.5, 0.6) is 0 Å². The maximum atomic E-state index is 12.0. The molecule has 1 fully saturated rings. The lowest BCUT2D eigenvalue weighted by atomic mass is 10.1. The highest BCUT2D eigenvalue weighted by atomic mass is 16.5. The van der Waals surface area contributed by atoms with Gasteiger partial charge in [0.25, 0.3) is 0 Å². The third-order valence-corrected chi connectivity index (χ3v) is 5.02. The fourth-order valence-corrected chi connectivity index (χ4v) is 3.31. The van der Waals surface area contributed by atoms with Gasteiger partial charge in [0.15, 0.2) is 0 Å². The van der Waals surface area contributed by atoms with E-state index in [2.05, 4.69) is 11.8 Å². The monoisotopic (exact) mass is 374 g/mol. The Hall–Kier alpha value is -1.76. The molecule has 0 aromatic heterocycles. The number of piperidine rings is 1. The molecule has 0 unspecified atom stereocenters. The predicted molar refractivity (Wildman–Crippen MR) is 111 cm³/mol. The van der Waals surface area contributed by atoms with Crippen LogP contribution in [0.15, 0.2) is 23.9 Å². The van der Waals surface area contributed by atoms with E-state index in [0.717, 1.165) is 25.9 Å². The summed E-state index contributed by atoms with van der Waals surface area (Å²) in [6, 6.07) is 1.95. The molecule has 0 aliphatic carbocycles. The third-order valence-electron chi connectivity index (χ3n) is 5.02. The number of carbonyl (C=O) groups is 1. The summed E-state index contributed by atoms with van der Waals surface area (Å²) < 4.78 is 5.23. The average molecular weight is 375 g/mol. The molecule has 152 valence electrons. The van der Waals surface area contributed by atoms with Crippen molar-refractivity contribution in [2.75, 3.05) is 19.7 Å². The SMILES string of the molecule is CCCCCCCCCCCCOC(=O)C(C#N)=CC=CN1CCCCC1. The number of esters is 1. The van der Waals surface area contributed by atoms with Gasteiger partial charge in [0.05, 0.1) is 6.61 Å². The number of nitriles is 1. The van der Waals surface area contributed by atoms with Crippen LogP contribution in [0.4, 0.5) is 0 Å². The average Bonchev–Trinajstić information content (AvgIpc) is 2.70. The fourth-order valence-electron chi connectivity index (χ4n) is 3.31. The molecule has 1 aliphatic rings. The molecule has 0 saturated carbocycles. The van der Waals surface area contributed by atoms with Crippen molar-refractivity contribution in [2.45, 2.75) is 90.4 Å². The number of likely N-dealkylation sites (tertiary alicyclic amines) is 1. The summed E-state index contributed by atoms with van der Waals surface area (Å²) in [4.78, 5) is 14.2. The first-order valence-electron chi connectivity index (χ1n) is 11.0. The Bertz CT molecular complexity index is 485. The minimum Gasteiger partial charge on any atom is -0.462 e. The molecule has 1 aliphatic heterocycles. The Labute approximate surface area is 166 Å². The molecular weight excluding hydrogens is 336 g/mol. The van der Waals surface area contributed by atoms with Crippen molar-refractivity contribution < 1.29 is 9.53 Å². The Morgan fingerprint density at radius 1 is 0.963 bits per heavy atom. The largest absolute Gasteiger partial charge is 0.462 e. The Balaban J connectivity index is 2.07. The standard InChI is InChI=1S/C23H38N2O2/c1-2-3-4-5-6-7-8-9-10-14-20-27-23(26)22(21-24)16-15-19-25-17-12-11-13-18-25/h15-16,19H,2-14,17-18,20H2,1H3. The van der Waals surface area contributed by atoms with E-state index in [4.69, 9.17) is 10.00 Å². The van der Waals surface area contributed by atoms with Crippen molar-refractivity contribution in [2.24, 2.45) is 0 Å². The Morgan fingerprint density at radius 2 is 1.56 bits per heavy atom. The van der Waals surface area contributed by atoms with E-state index < -0.39 is 5.97 Å². The first kappa shape index (κ1) is 23.3. The van der Waals surface area contributed by atoms with Gasteiger partial charge < -0.3 is 9.64 Å². The predicted octanol–water partition coefficient (Wildman–Crippen LogP) is 5.90. The number of carbonyl (C=O) groups excluding carboxylic acids is 1. The molecule has 0 aromatic carbocycles. The van der Waals surface area contributed by atoms with Crippen LogP contribution in [0.25, 0.3) is 0 Å². The van der Waals surface area contributed by atoms with Crippen molar-refractivity contribution in [3.63, 3.8) is 0 Å². The molecule has 4 nitrogen and oxygen atoms in total. The van der Waals surface area contributed by atoms with Gasteiger partial charge in [0.2, 0.25) is 0 Å². The zero-order chi connectivity index (χ0) is 19.6. The summed E-state index contributed by atoms with van der Waals surface area (Å²) in [6.45, 7) is 4.75. The lowest BCUT2D eigenvalue weighted by molar-refractivity contribution is -0.138. The van der Waals surface area contributed by atoms with Crippen molar-refractivity contribution in [3.8, 4) is 6.07 Å². The molecule has 0 radical (unpaired) electrons. The van der Waals surface area contributed by atoms with Crippen LogP contribution >= 0.6 is 0 Å². The lowest BCUT2D eigenvalue weighted by Crippen LogP contribution is -2.23. The molecule has 0 spiro atoms. The molecule has 1 heterocycles. The highest BCUT2D eigenvalue weighted by Gasteiger charge is 2.09. The number of hydrogen-bond acceptors (Lipinski definition) is 4. The molecule has 0 aromatic rings. The quantitative estimate of drug-likeness (QED) is 0.125. The zero-order valence-electron chi connectivity index (χ0n) is 17.3. The first-order chi connectivity index (χ1) is 13.3. The van der Waals surface area contributed by atoms with E-state index >= 15 is 0 Å². The second kappa shape index (κ2) is 16.4. The van der Waals surface area contributed by atoms with E-state index in [1.54, 1.807) is 12.2 Å². The van der Waals surface area contributed by atoms with Gasteiger partial charge in [0, 0.05) is 13.1 Å². The van der Waals surface area contributed by atoms with Gasteiger partial charge in [-0.25, -0.2) is 4.79 Å². The summed E-state index contributed by atoms with van der Waals surface area (Å²) >= 11 is 0. The maximum Gasteiger partial charge on any atom is 0.348 e. The van der Waals surface area contributed by atoms with Gasteiger partial charge in [-0.2, -0.15) is 5.26 Å². The van der Waals surface area contributed by atoms with E-state index in [9.17, 15) is 4.79 Å². The summed E-state index contributed by atoms with van der Waals surface area (Å²) in [5.74, 6) is -0.503. The summed E-state index contributed by atoms with van der Waals surface area (Å²) in [5, 5.41) is 9.14. The lowest BCUT2D eigenvalue weighted by Gasteiger charge is -2.24. The molecule has 0 bridgehead atoms. The normalized spacial score (nSPS) is 15.1. The molecule has 0 atom stereocenters. The molecule has 0 amide bonds. The fraction of sp³-hybridized carbons (Fsp3) is 0.739. The molecule has 4 heteroatoms. The summed E-state index contributed by atoms with van der Waals surface area (Å²) in [7, 11) is 0. The topological polar surface area (TPSA) is 53.3 Å². The second-order valence-corrected chi connectivity index (χ2v) is 7.45. The van der Waals surface area contributed by atoms with E-state index in [1.807, 2.05) is 12.3 Å². The number of allylic oxidation sites excluding steroid dienone is 2. The van der Waals surface area contributed by atoms with Crippen molar-refractivity contribution in [1.82, 2.24) is 4.90 Å². The van der Waals surface area contributed by atoms with E-state index in [0.29, 0.717) is 6.61 Å². The van der Waals surface area contributed by atoms with Gasteiger partial charge >= 0.3 is 5.97 Å². The van der Waals surface area contributed by atoms with Gasteiger partial charge in [-0.05, 0) is 44.0 Å². The van der Waals surface area contributed by atoms with Crippen LogP contribution in [0.3, 0.4) is 0 Å². The van der Waals surface area contributed by atoms with E-state index in [1.165, 1.54) is 70.6 Å². The number of rotatable bonds is 14. The highest BCUT2D eigenvalue weighted by Crippen LogP contribution is 2.11. The summed E-state index contributed by atoms with van der Waals surface area (Å²) in [5.41, 5.74) is 0.0790. The number of hydrogen-bond donors (Lipinski definition) is 0. The van der Waals surface area contributed by atoms with Crippen LogP contribution in [0.2, 0.25) is 0 Å². The van der Waals surface area contributed by atoms with Crippen LogP contribution < -0.4 is 0 Å². The van der Waals surface area contributed by atoms with Crippen molar-refractivity contribution in [3.05, 3.63) is 23.9 Å². The van der Waals surface area contributed by atoms with Crippen LogP contribution in [-0.2, 0) is 9.53 Å². The van der Waals surface area contributed by atoms with Gasteiger partial charge in [-0.3, -0.25) is 0 Å². The first-order valence-corrected chi connectivity index (χ1v) is 11.0. The molecule has 27 heavy (non-hydrogen) atoms. The van der Waals surface area contributed by atoms with Crippen LogP contribution in [0, 0.1) is 11.3 Å². The van der Waals surface area contributed by atoms with Crippen LogP contribution in [-0.4, -0.2) is 30.6 Å². The second-order valence-electron chi connectivity index (χ2n) is 7.45. The molecular formula is C23H38N2O2. The minimum atomic E-state index is -0.503. The van der Waals surface area contributed by atoms with Crippen molar-refractivity contribution in [1.29, 1.82) is 5.26 Å². The van der Waals surface area contributed by atoms with Gasteiger partial charge in [0.1, 0.15) is 11.6 Å². The molecule has 0 N–H and O–H groups in total. The maximum absolute atomic E-state index is 12.0. The Morgan fingerprint density at radius 3 is 2.15 bits per heavy atom. The number of nitrogens with zero attached hydrogens (tertiary/aromatic N) is 2.